The summed E-state index contributed by atoms with van der Waals surface area (Å²) in [7, 11) is 0. The summed E-state index contributed by atoms with van der Waals surface area (Å²) in [6, 6.07) is 0. The fourth-order valence-corrected chi connectivity index (χ4v) is 0. The Morgan fingerprint density at radius 3 is 1.00 bits per heavy atom. The lowest BCUT2D eigenvalue weighted by Crippen LogP contribution is -0.913. The summed E-state index contributed by atoms with van der Waals surface area (Å²) in [5.74, 6) is 0. The highest BCUT2D eigenvalue weighted by Crippen LogP contribution is 1.31. The van der Waals surface area contributed by atoms with E-state index in [1.165, 1.54) is 0 Å². The van der Waals surface area contributed by atoms with Gasteiger partial charge >= 0.3 is 0 Å². The number of halogens is 1. The van der Waals surface area contributed by atoms with E-state index in [1.54, 1.807) is 0 Å². The molecular formula is H5ClO3. The van der Waals surface area contributed by atoms with Crippen LogP contribution in [0.25, 0.3) is 0 Å². The van der Waals surface area contributed by atoms with Crippen molar-refractivity contribution in [3.63, 3.8) is 0 Å². The van der Waals surface area contributed by atoms with E-state index < -0.39 is 0 Å². The van der Waals surface area contributed by atoms with Crippen molar-refractivity contribution in [2.24, 2.45) is 0 Å². The van der Waals surface area contributed by atoms with E-state index in [9.17, 15) is 0 Å². The van der Waals surface area contributed by atoms with Crippen LogP contribution in [0.3, 0.4) is 0 Å². The fraction of sp³-hybridized carbons (Fsp3) is 0. The summed E-state index contributed by atoms with van der Waals surface area (Å²) in [6.07, 6.45) is 0. The van der Waals surface area contributed by atoms with Crippen molar-refractivity contribution in [3.8, 4) is 0 Å². The summed E-state index contributed by atoms with van der Waals surface area (Å²) >= 11 is 3.64. The number of hydrogen-bond acceptors (Lipinski definition) is 1. The quantitative estimate of drug-likeness (QED) is 0.383. The molecule has 0 fully saturated rings. The summed E-state index contributed by atoms with van der Waals surface area (Å²) in [5.41, 5.74) is 0. The number of hydrogen-bond donors (Lipinski definition) is 1. The molecule has 0 rings (SSSR count). The summed E-state index contributed by atoms with van der Waals surface area (Å²) in [4.78, 5) is 0. The average molecular weight is 88.5 g/mol. The van der Waals surface area contributed by atoms with Crippen LogP contribution in [0.1, 0.15) is 0 Å². The van der Waals surface area contributed by atoms with E-state index >= 15 is 0 Å². The maximum absolute atomic E-state index is 6.47. The third-order valence-corrected chi connectivity index (χ3v) is 0. The molecule has 0 aromatic rings. The van der Waals surface area contributed by atoms with Gasteiger partial charge in [0.15, 0.2) is 0 Å². The molecule has 30 valence electrons. The highest BCUT2D eigenvalue weighted by molar-refractivity contribution is 6.04. The smallest absolute Gasteiger partial charge is 0.0579 e. The zero-order chi connectivity index (χ0) is 2.00. The van der Waals surface area contributed by atoms with Crippen LogP contribution in [-0.4, -0.2) is 15.6 Å². The standard InChI is InChI=1S/ClHO.2H2O/c1-2;;/h2H;2*1H2. The third kappa shape index (κ3) is 103. The molecule has 0 aromatic heterocycles. The summed E-state index contributed by atoms with van der Waals surface area (Å²) in [6.45, 7) is 0. The molecule has 0 amide bonds. The molecule has 0 aromatic carbocycles. The summed E-state index contributed by atoms with van der Waals surface area (Å²) in [5, 5.41) is 0. The first-order chi connectivity index (χ1) is 1.00. The second-order valence-electron chi connectivity index (χ2n) is 0. The molecule has 0 bridgehead atoms. The molecule has 0 unspecified atom stereocenters. The first kappa shape index (κ1) is 30.6. The van der Waals surface area contributed by atoms with Crippen LogP contribution < -0.4 is 0 Å². The minimum Gasteiger partial charge on any atom is -0.412 e. The molecular weight excluding hydrogens is 83.5 g/mol. The Hall–Kier alpha value is 0.170. The first-order valence-corrected chi connectivity index (χ1v) is 0.507. The first-order valence-electron chi connectivity index (χ1n) is 0.169. The van der Waals surface area contributed by atoms with Crippen molar-refractivity contribution in [2.45, 2.75) is 0 Å². The molecule has 0 saturated heterocycles. The normalized spacial score (nSPS) is 1.50. The van der Waals surface area contributed by atoms with E-state index in [4.69, 9.17) is 4.66 Å². The monoisotopic (exact) mass is 88.0 g/mol. The molecule has 4 heavy (non-hydrogen) atoms. The Morgan fingerprint density at radius 1 is 1.00 bits per heavy atom. The van der Waals surface area contributed by atoms with Gasteiger partial charge in [0.2, 0.25) is 0 Å². The van der Waals surface area contributed by atoms with Gasteiger partial charge in [0.25, 0.3) is 0 Å². The van der Waals surface area contributed by atoms with Gasteiger partial charge in [-0.2, -0.15) is 0 Å². The minimum atomic E-state index is 0. The van der Waals surface area contributed by atoms with Gasteiger partial charge in [-0.1, -0.05) is 0 Å². The lowest BCUT2D eigenvalue weighted by atomic mass is 15.9. The van der Waals surface area contributed by atoms with Crippen LogP contribution in [0.5, 0.6) is 0 Å². The summed E-state index contributed by atoms with van der Waals surface area (Å²) < 4.78 is 6.47. The Morgan fingerprint density at radius 2 is 1.00 bits per heavy atom. The van der Waals surface area contributed by atoms with Crippen LogP contribution in [0.15, 0.2) is 0 Å². The second-order valence-corrected chi connectivity index (χ2v) is 0. The van der Waals surface area contributed by atoms with Gasteiger partial charge in [-0.3, -0.25) is 4.66 Å². The zero-order valence-electron chi connectivity index (χ0n) is 1.83. The van der Waals surface area contributed by atoms with Crippen molar-refractivity contribution >= 4 is 11.9 Å². The van der Waals surface area contributed by atoms with Gasteiger partial charge in [0, 0.05) is 0 Å². The highest BCUT2D eigenvalue weighted by Gasteiger charge is 0.897. The van der Waals surface area contributed by atoms with E-state index in [1.807, 2.05) is 0 Å². The molecule has 4 heteroatoms. The Bertz CT molecular complexity index is 3.25. The van der Waals surface area contributed by atoms with Gasteiger partial charge in [-0.25, -0.2) is 0 Å². The average Bonchev–Trinajstić information content (AvgIpc) is 1.00. The Labute approximate surface area is 28.6 Å². The maximum atomic E-state index is 6.47. The lowest BCUT2D eigenvalue weighted by molar-refractivity contribution is 0.632. The topological polar surface area (TPSA) is 83.2 Å². The molecule has 0 aliphatic heterocycles. The molecule has 0 aliphatic rings. The minimum absolute atomic E-state index is 0. The molecule has 0 saturated carbocycles. The van der Waals surface area contributed by atoms with E-state index in [-0.39, 0.29) is 11.0 Å². The predicted molar refractivity (Wildman–Crippen MR) is 15.3 cm³/mol. The van der Waals surface area contributed by atoms with Crippen LogP contribution in [-0.2, 0) is 0 Å². The zero-order valence-corrected chi connectivity index (χ0v) is 2.58. The number of rotatable bonds is 0. The SMILES string of the molecule is O.O.OCl. The molecule has 0 heterocycles. The van der Waals surface area contributed by atoms with Crippen molar-refractivity contribution in [1.82, 2.24) is 0 Å². The van der Waals surface area contributed by atoms with Crippen molar-refractivity contribution in [2.75, 3.05) is 0 Å². The van der Waals surface area contributed by atoms with E-state index in [2.05, 4.69) is 11.9 Å². The van der Waals surface area contributed by atoms with Crippen molar-refractivity contribution in [3.05, 3.63) is 0 Å². The van der Waals surface area contributed by atoms with Gasteiger partial charge < -0.3 is 11.0 Å². The van der Waals surface area contributed by atoms with Crippen LogP contribution in [0.2, 0.25) is 0 Å². The van der Waals surface area contributed by atoms with Gasteiger partial charge in [-0.15, -0.1) is 0 Å². The van der Waals surface area contributed by atoms with Crippen LogP contribution >= 0.6 is 11.9 Å². The second kappa shape index (κ2) is 517. The van der Waals surface area contributed by atoms with Crippen LogP contribution in [0, 0.1) is 0 Å². The molecule has 0 atom stereocenters. The van der Waals surface area contributed by atoms with Gasteiger partial charge in [-0.05, 0) is 0 Å². The highest BCUT2D eigenvalue weighted by atomic mass is 35.5. The van der Waals surface area contributed by atoms with E-state index in [0.29, 0.717) is 0 Å². The third-order valence-electron chi connectivity index (χ3n) is 0. The van der Waals surface area contributed by atoms with Gasteiger partial charge in [0.1, 0.15) is 0 Å². The molecule has 0 spiro atoms. The van der Waals surface area contributed by atoms with Crippen molar-refractivity contribution in [1.29, 1.82) is 0 Å². The fourth-order valence-electron chi connectivity index (χ4n) is 0. The molecule has 0 aliphatic carbocycles. The van der Waals surface area contributed by atoms with E-state index in [0.717, 1.165) is 0 Å². The van der Waals surface area contributed by atoms with Crippen molar-refractivity contribution < 1.29 is 15.6 Å². The Balaban J connectivity index is -0.00000000500. The molecule has 3 nitrogen and oxygen atoms in total. The predicted octanol–water partition coefficient (Wildman–Crippen LogP) is -1.52. The van der Waals surface area contributed by atoms with Crippen LogP contribution in [0.4, 0.5) is 0 Å². The largest absolute Gasteiger partial charge is 0.412 e. The molecule has 5 N–H and O–H groups in total. The maximum Gasteiger partial charge on any atom is 0.0579 e. The lowest BCUT2D eigenvalue weighted by Gasteiger charge is -1.13. The van der Waals surface area contributed by atoms with Gasteiger partial charge in [0.05, 0.1) is 11.9 Å². The molecule has 0 radical (unpaired) electrons. The Kier molecular flexibility index (Phi) is 3950.